The number of aromatic nitrogens is 4. The maximum Gasteiger partial charge on any atom is 0.301 e. The number of aliphatic hydroxyl groups excluding tert-OH is 1. The molecule has 10 heteroatoms. The number of hydrogen-bond acceptors (Lipinski definition) is 8. The first-order chi connectivity index (χ1) is 19.9. The molecule has 41 heavy (non-hydrogen) atoms. The van der Waals surface area contributed by atoms with Crippen molar-refractivity contribution in [2.45, 2.75) is 43.3 Å². The van der Waals surface area contributed by atoms with Gasteiger partial charge in [0.1, 0.15) is 11.3 Å². The number of carbonyl (C=O) groups is 2. The first-order valence-electron chi connectivity index (χ1n) is 13.2. The minimum Gasteiger partial charge on any atom is -0.505 e. The summed E-state index contributed by atoms with van der Waals surface area (Å²) in [7, 11) is 0. The summed E-state index contributed by atoms with van der Waals surface area (Å²) in [6.45, 7) is 5.88. The maximum absolute atomic E-state index is 13.6. The van der Waals surface area contributed by atoms with Gasteiger partial charge in [0.05, 0.1) is 17.3 Å². The van der Waals surface area contributed by atoms with E-state index >= 15 is 0 Å². The van der Waals surface area contributed by atoms with E-state index in [9.17, 15) is 14.7 Å². The molecule has 1 amide bonds. The number of benzene rings is 2. The zero-order valence-electron chi connectivity index (χ0n) is 22.7. The van der Waals surface area contributed by atoms with Gasteiger partial charge in [-0.15, -0.1) is 10.2 Å². The molecule has 1 fully saturated rings. The number of fused-ring (bicyclic) bond motifs is 1. The van der Waals surface area contributed by atoms with Crippen molar-refractivity contribution < 1.29 is 14.7 Å². The number of ketones is 1. The summed E-state index contributed by atoms with van der Waals surface area (Å²) in [6.07, 6.45) is 2.62. The highest BCUT2D eigenvalue weighted by molar-refractivity contribution is 8.00. The summed E-state index contributed by atoms with van der Waals surface area (Å²) in [5, 5.41) is 20.6. The third-order valence-electron chi connectivity index (χ3n) is 7.16. The number of anilines is 1. The smallest absolute Gasteiger partial charge is 0.301 e. The quantitative estimate of drug-likeness (QED) is 0.0793. The van der Waals surface area contributed by atoms with Crippen LogP contribution in [0.25, 0.3) is 11.4 Å². The van der Waals surface area contributed by atoms with Crippen LogP contribution in [0, 0.1) is 13.8 Å². The predicted octanol–water partition coefficient (Wildman–Crippen LogP) is 6.28. The third-order valence-corrected chi connectivity index (χ3v) is 9.29. The summed E-state index contributed by atoms with van der Waals surface area (Å²) in [4.78, 5) is 33.1. The van der Waals surface area contributed by atoms with E-state index in [-0.39, 0.29) is 11.3 Å². The molecule has 1 aliphatic rings. The molecular weight excluding hydrogens is 555 g/mol. The predicted molar refractivity (Wildman–Crippen MR) is 161 cm³/mol. The number of aryl methyl sites for hydroxylation is 3. The molecule has 0 saturated carbocycles. The Morgan fingerprint density at radius 3 is 2.44 bits per heavy atom. The fraction of sp³-hybridized carbons (Fsp3) is 0.194. The molecule has 0 bridgehead atoms. The Bertz CT molecular complexity index is 1810. The van der Waals surface area contributed by atoms with Crippen LogP contribution in [0.3, 0.4) is 0 Å². The van der Waals surface area contributed by atoms with Crippen LogP contribution in [0.2, 0.25) is 0 Å². The molecule has 0 aliphatic carbocycles. The average molecular weight is 582 g/mol. The number of amides is 1. The Hall–Kier alpha value is -4.28. The number of carbonyl (C=O) groups excluding carboxylic acids is 2. The first kappa shape index (κ1) is 26.9. The fourth-order valence-electron chi connectivity index (χ4n) is 4.99. The van der Waals surface area contributed by atoms with Gasteiger partial charge in [0.2, 0.25) is 5.13 Å². The molecule has 2 aromatic carbocycles. The molecule has 5 aromatic rings. The van der Waals surface area contributed by atoms with Gasteiger partial charge >= 0.3 is 5.91 Å². The number of Topliss-reactive ketones (excluding diaryl/α,β-unsaturated/α-hetero) is 1. The van der Waals surface area contributed by atoms with Crippen molar-refractivity contribution in [3.05, 3.63) is 112 Å². The Balaban J connectivity index is 1.43. The Kier molecular flexibility index (Phi) is 7.19. The molecule has 3 aromatic heterocycles. The number of pyridine rings is 1. The number of imidazole rings is 1. The molecule has 8 nitrogen and oxygen atoms in total. The van der Waals surface area contributed by atoms with Crippen molar-refractivity contribution in [2.75, 3.05) is 4.90 Å². The number of hydrogen-bond donors (Lipinski definition) is 1. The van der Waals surface area contributed by atoms with Crippen molar-refractivity contribution >= 4 is 51.3 Å². The van der Waals surface area contributed by atoms with Crippen LogP contribution in [0.4, 0.5) is 5.13 Å². The second kappa shape index (κ2) is 10.9. The van der Waals surface area contributed by atoms with Gasteiger partial charge in [0, 0.05) is 11.9 Å². The lowest BCUT2D eigenvalue weighted by molar-refractivity contribution is -0.132. The van der Waals surface area contributed by atoms with Gasteiger partial charge in [-0.1, -0.05) is 90.2 Å². The maximum atomic E-state index is 13.6. The lowest BCUT2D eigenvalue weighted by Gasteiger charge is -2.22. The summed E-state index contributed by atoms with van der Waals surface area (Å²) in [6, 6.07) is 20.6. The van der Waals surface area contributed by atoms with Crippen molar-refractivity contribution in [3.63, 3.8) is 0 Å². The van der Waals surface area contributed by atoms with Crippen LogP contribution in [0.1, 0.15) is 46.6 Å². The second-order valence-electron chi connectivity index (χ2n) is 9.86. The summed E-state index contributed by atoms with van der Waals surface area (Å²) >= 11 is 2.77. The molecule has 1 N–H and O–H groups in total. The molecule has 4 heterocycles. The highest BCUT2D eigenvalue weighted by Crippen LogP contribution is 2.44. The van der Waals surface area contributed by atoms with E-state index in [1.807, 2.05) is 49.4 Å². The Morgan fingerprint density at radius 1 is 0.976 bits per heavy atom. The topological polar surface area (TPSA) is 101 Å². The lowest BCUT2D eigenvalue weighted by atomic mass is 9.95. The standard InChI is InChI=1S/C31H27N5O3S2/c1-4-20-12-14-22(15-13-20)26-24(27(37)25-19(3)32-23-7-5-6-16-35(23)25)28(38)29(39)36(26)30-33-34-31(41-30)40-17-21-10-8-18(2)9-11-21/h5-16,26,37H,4,17H2,1-3H3. The lowest BCUT2D eigenvalue weighted by Crippen LogP contribution is -2.29. The molecule has 1 saturated heterocycles. The molecule has 1 atom stereocenters. The van der Waals surface area contributed by atoms with Gasteiger partial charge in [-0.3, -0.25) is 18.9 Å². The van der Waals surface area contributed by atoms with E-state index in [2.05, 4.69) is 46.4 Å². The van der Waals surface area contributed by atoms with E-state index in [0.717, 1.165) is 17.5 Å². The van der Waals surface area contributed by atoms with Gasteiger partial charge in [-0.25, -0.2) is 4.98 Å². The SMILES string of the molecule is CCc1ccc(C2C(=C(O)c3c(C)nc4ccccn34)C(=O)C(=O)N2c2nnc(SCc3ccc(C)cc3)s2)cc1. The van der Waals surface area contributed by atoms with Gasteiger partial charge < -0.3 is 5.11 Å². The largest absolute Gasteiger partial charge is 0.505 e. The highest BCUT2D eigenvalue weighted by Gasteiger charge is 2.48. The number of nitrogens with zero attached hydrogens (tertiary/aromatic N) is 5. The van der Waals surface area contributed by atoms with Crippen LogP contribution < -0.4 is 4.90 Å². The first-order valence-corrected chi connectivity index (χ1v) is 15.0. The zero-order chi connectivity index (χ0) is 28.7. The van der Waals surface area contributed by atoms with Crippen molar-refractivity contribution in [2.24, 2.45) is 0 Å². The molecule has 206 valence electrons. The van der Waals surface area contributed by atoms with E-state index in [4.69, 9.17) is 0 Å². The van der Waals surface area contributed by atoms with Crippen LogP contribution in [-0.2, 0) is 21.8 Å². The van der Waals surface area contributed by atoms with E-state index in [1.54, 1.807) is 17.5 Å². The van der Waals surface area contributed by atoms with Crippen molar-refractivity contribution in [1.82, 2.24) is 19.6 Å². The molecule has 1 aliphatic heterocycles. The number of aliphatic hydroxyl groups is 1. The van der Waals surface area contributed by atoms with Gasteiger partial charge in [0.25, 0.3) is 5.78 Å². The van der Waals surface area contributed by atoms with Crippen LogP contribution in [-0.4, -0.2) is 36.4 Å². The normalized spacial score (nSPS) is 16.7. The average Bonchev–Trinajstić information content (AvgIpc) is 3.66. The Morgan fingerprint density at radius 2 is 1.71 bits per heavy atom. The van der Waals surface area contributed by atoms with Crippen LogP contribution in [0.15, 0.2) is 82.8 Å². The molecule has 1 unspecified atom stereocenters. The molecular formula is C31H27N5O3S2. The van der Waals surface area contributed by atoms with Gasteiger partial charge in [0.15, 0.2) is 10.1 Å². The highest BCUT2D eigenvalue weighted by atomic mass is 32.2. The molecule has 6 rings (SSSR count). The van der Waals surface area contributed by atoms with E-state index in [1.165, 1.54) is 33.6 Å². The Labute approximate surface area is 245 Å². The number of thioether (sulfide) groups is 1. The summed E-state index contributed by atoms with van der Waals surface area (Å²) in [5.41, 5.74) is 5.70. The van der Waals surface area contributed by atoms with Crippen molar-refractivity contribution in [1.29, 1.82) is 0 Å². The zero-order valence-corrected chi connectivity index (χ0v) is 24.4. The van der Waals surface area contributed by atoms with Crippen molar-refractivity contribution in [3.8, 4) is 0 Å². The number of rotatable bonds is 7. The fourth-order valence-corrected chi connectivity index (χ4v) is 6.82. The van der Waals surface area contributed by atoms with Gasteiger partial charge in [-0.2, -0.15) is 0 Å². The van der Waals surface area contributed by atoms with E-state index < -0.39 is 17.7 Å². The minimum absolute atomic E-state index is 0.00272. The summed E-state index contributed by atoms with van der Waals surface area (Å²) < 4.78 is 2.40. The van der Waals surface area contributed by atoms with Crippen LogP contribution in [0.5, 0.6) is 0 Å². The van der Waals surface area contributed by atoms with Gasteiger partial charge in [-0.05, 0) is 49.1 Å². The molecule has 0 radical (unpaired) electrons. The summed E-state index contributed by atoms with van der Waals surface area (Å²) in [5.74, 6) is -1.11. The third kappa shape index (κ3) is 4.93. The monoisotopic (exact) mass is 581 g/mol. The van der Waals surface area contributed by atoms with E-state index in [0.29, 0.717) is 37.8 Å². The second-order valence-corrected chi connectivity index (χ2v) is 12.0. The molecule has 0 spiro atoms. The minimum atomic E-state index is -0.877. The van der Waals surface area contributed by atoms with Crippen LogP contribution >= 0.6 is 23.1 Å².